The highest BCUT2D eigenvalue weighted by atomic mass is 15.1. The summed E-state index contributed by atoms with van der Waals surface area (Å²) < 4.78 is 2.31. The van der Waals surface area contributed by atoms with Crippen molar-refractivity contribution in [2.75, 3.05) is 4.90 Å². The van der Waals surface area contributed by atoms with Gasteiger partial charge in [0.25, 0.3) is 0 Å². The van der Waals surface area contributed by atoms with Crippen molar-refractivity contribution in [1.29, 1.82) is 0 Å². The SMILES string of the molecule is [C-]#[N+]c1ccc(N(c2ccc([N+]#[C-])cc2)c2ccc3c(c2)c2ccccc2n3-c2ccc(-c3ccc(-c4ccc(-c5cc(-c6cccc([N+]#[C-])c6)nc(-c6cccc([N+]#[C-])c6)n5)cc4)cc3)cc2)cc1. The van der Waals surface area contributed by atoms with E-state index in [9.17, 15) is 0 Å². The Kier molecular flexibility index (Phi) is 10.9. The molecule has 11 rings (SSSR count). The third kappa shape index (κ3) is 8.04. The van der Waals surface area contributed by atoms with Gasteiger partial charge in [0.1, 0.15) is 0 Å². The summed E-state index contributed by atoms with van der Waals surface area (Å²) in [6, 6.07) is 72.6. The minimum atomic E-state index is 0.509. The Morgan fingerprint density at radius 3 is 1.34 bits per heavy atom. The zero-order chi connectivity index (χ0) is 47.6. The number of hydrogen-bond donors (Lipinski definition) is 0. The first-order valence-corrected chi connectivity index (χ1v) is 22.4. The highest BCUT2D eigenvalue weighted by Gasteiger charge is 2.18. The van der Waals surface area contributed by atoms with Gasteiger partial charge in [-0.1, -0.05) is 140 Å². The summed E-state index contributed by atoms with van der Waals surface area (Å²) in [5.74, 6) is 0.509. The van der Waals surface area contributed by atoms with Crippen molar-refractivity contribution in [3.63, 3.8) is 0 Å². The lowest BCUT2D eigenvalue weighted by Crippen LogP contribution is -2.09. The zero-order valence-electron chi connectivity index (χ0n) is 37.4. The molecule has 0 aliphatic carbocycles. The molecule has 2 heterocycles. The Morgan fingerprint density at radius 2 is 0.786 bits per heavy atom. The molecule has 0 aliphatic heterocycles. The van der Waals surface area contributed by atoms with Gasteiger partial charge in [0, 0.05) is 44.6 Å². The highest BCUT2D eigenvalue weighted by molar-refractivity contribution is 6.10. The summed E-state index contributed by atoms with van der Waals surface area (Å²) in [7, 11) is 0. The first-order chi connectivity index (χ1) is 34.5. The summed E-state index contributed by atoms with van der Waals surface area (Å²) in [5.41, 5.74) is 16.5. The molecule has 0 spiro atoms. The average molecular weight is 893 g/mol. The fraction of sp³-hybridized carbons (Fsp3) is 0. The van der Waals surface area contributed by atoms with Crippen molar-refractivity contribution in [3.8, 4) is 61.8 Å². The molecule has 0 atom stereocenters. The van der Waals surface area contributed by atoms with Gasteiger partial charge in [0.15, 0.2) is 28.6 Å². The molecule has 8 nitrogen and oxygen atoms in total. The summed E-state index contributed by atoms with van der Waals surface area (Å²) in [6.07, 6.45) is 0. The topological polar surface area (TPSA) is 51.4 Å². The molecule has 0 fully saturated rings. The molecule has 0 bridgehead atoms. The van der Waals surface area contributed by atoms with Gasteiger partial charge in [0.05, 0.1) is 48.7 Å². The Balaban J connectivity index is 0.876. The standard InChI is InChI=1S/C62H36N8/c1-63-48-25-31-52(32-26-48)69(53-33-27-49(64-2)28-34-53)55-35-36-61-57(39-55)56-13-5-6-14-60(56)70(61)54-29-23-44(24-30-54)42-17-15-41(16-18-42)43-19-21-45(22-20-43)58-40-59(46-9-7-11-50(37-46)65-3)68-62(67-58)47-10-8-12-51(38-47)66-4/h5-40H. The van der Waals surface area contributed by atoms with Crippen LogP contribution in [0.5, 0.6) is 0 Å². The molecule has 0 amide bonds. The molecule has 9 aromatic carbocycles. The van der Waals surface area contributed by atoms with E-state index in [1.165, 1.54) is 0 Å². The fourth-order valence-corrected chi connectivity index (χ4v) is 8.99. The van der Waals surface area contributed by atoms with Crippen molar-refractivity contribution in [2.45, 2.75) is 0 Å². The van der Waals surface area contributed by atoms with E-state index in [-0.39, 0.29) is 0 Å². The normalized spacial score (nSPS) is 10.8. The van der Waals surface area contributed by atoms with Gasteiger partial charge in [-0.25, -0.2) is 29.3 Å². The first kappa shape index (κ1) is 42.3. The van der Waals surface area contributed by atoms with Crippen LogP contribution < -0.4 is 4.90 Å². The largest absolute Gasteiger partial charge is 0.311 e. The Hall–Kier alpha value is -10.4. The van der Waals surface area contributed by atoms with Gasteiger partial charge in [0.2, 0.25) is 0 Å². The van der Waals surface area contributed by atoms with E-state index in [1.54, 1.807) is 18.2 Å². The molecule has 70 heavy (non-hydrogen) atoms. The van der Waals surface area contributed by atoms with Crippen molar-refractivity contribution in [3.05, 3.63) is 264 Å². The molecule has 2 aromatic heterocycles. The predicted octanol–water partition coefficient (Wildman–Crippen LogP) is 17.6. The fourth-order valence-electron chi connectivity index (χ4n) is 8.99. The molecule has 324 valence electrons. The average Bonchev–Trinajstić information content (AvgIpc) is 3.77. The number of nitrogens with zero attached hydrogens (tertiary/aromatic N) is 8. The molecule has 0 saturated heterocycles. The Bertz CT molecular complexity index is 3820. The van der Waals surface area contributed by atoms with Crippen molar-refractivity contribution in [1.82, 2.24) is 14.5 Å². The Morgan fingerprint density at radius 1 is 0.329 bits per heavy atom. The van der Waals surface area contributed by atoms with Crippen molar-refractivity contribution in [2.24, 2.45) is 0 Å². The quantitative estimate of drug-likeness (QED) is 0.136. The van der Waals surface area contributed by atoms with Crippen LogP contribution in [0.2, 0.25) is 0 Å². The van der Waals surface area contributed by atoms with Gasteiger partial charge in [-0.2, -0.15) is 0 Å². The molecule has 0 N–H and O–H groups in total. The molecule has 0 aliphatic rings. The number of rotatable bonds is 9. The van der Waals surface area contributed by atoms with Crippen LogP contribution in [0.25, 0.3) is 103 Å². The lowest BCUT2D eigenvalue weighted by molar-refractivity contribution is 1.18. The molecule has 0 radical (unpaired) electrons. The molecule has 8 heteroatoms. The second kappa shape index (κ2) is 18.1. The minimum Gasteiger partial charge on any atom is -0.311 e. The summed E-state index contributed by atoms with van der Waals surface area (Å²) in [4.78, 5) is 26.4. The smallest absolute Gasteiger partial charge is 0.187 e. The number of anilines is 3. The van der Waals surface area contributed by atoms with Crippen LogP contribution in [0.4, 0.5) is 39.8 Å². The van der Waals surface area contributed by atoms with Gasteiger partial charge >= 0.3 is 0 Å². The van der Waals surface area contributed by atoms with Crippen LogP contribution in [0.15, 0.2) is 218 Å². The number of fused-ring (bicyclic) bond motifs is 3. The highest BCUT2D eigenvalue weighted by Crippen LogP contribution is 2.41. The lowest BCUT2D eigenvalue weighted by Gasteiger charge is -2.26. The van der Waals surface area contributed by atoms with E-state index in [4.69, 9.17) is 36.3 Å². The van der Waals surface area contributed by atoms with Crippen molar-refractivity contribution < 1.29 is 0 Å². The van der Waals surface area contributed by atoms with Crippen LogP contribution in [0, 0.1) is 26.3 Å². The van der Waals surface area contributed by atoms with Gasteiger partial charge in [-0.15, -0.1) is 0 Å². The number of benzene rings is 9. The number of hydrogen-bond acceptors (Lipinski definition) is 3. The number of para-hydroxylation sites is 1. The maximum absolute atomic E-state index is 7.54. The monoisotopic (exact) mass is 892 g/mol. The summed E-state index contributed by atoms with van der Waals surface area (Å²) in [5, 5.41) is 2.25. The zero-order valence-corrected chi connectivity index (χ0v) is 37.4. The van der Waals surface area contributed by atoms with Crippen LogP contribution in [-0.4, -0.2) is 14.5 Å². The second-order valence-electron chi connectivity index (χ2n) is 16.6. The first-order valence-electron chi connectivity index (χ1n) is 22.4. The third-order valence-electron chi connectivity index (χ3n) is 12.5. The van der Waals surface area contributed by atoms with Crippen LogP contribution in [-0.2, 0) is 0 Å². The van der Waals surface area contributed by atoms with E-state index in [1.807, 2.05) is 84.9 Å². The van der Waals surface area contributed by atoms with E-state index in [0.717, 1.165) is 89.2 Å². The lowest BCUT2D eigenvalue weighted by atomic mass is 9.98. The van der Waals surface area contributed by atoms with Gasteiger partial charge in [-0.05, 0) is 107 Å². The Labute approximate surface area is 405 Å². The van der Waals surface area contributed by atoms with E-state index in [0.29, 0.717) is 34.3 Å². The maximum atomic E-state index is 7.54. The van der Waals surface area contributed by atoms with Crippen LogP contribution >= 0.6 is 0 Å². The van der Waals surface area contributed by atoms with E-state index < -0.39 is 0 Å². The molecule has 0 saturated carbocycles. The minimum absolute atomic E-state index is 0.509. The molecule has 0 unspecified atom stereocenters. The summed E-state index contributed by atoms with van der Waals surface area (Å²) >= 11 is 0. The van der Waals surface area contributed by atoms with Crippen LogP contribution in [0.3, 0.4) is 0 Å². The number of aromatic nitrogens is 3. The van der Waals surface area contributed by atoms with Gasteiger partial charge < -0.3 is 9.47 Å². The summed E-state index contributed by atoms with van der Waals surface area (Å²) in [6.45, 7) is 30.0. The van der Waals surface area contributed by atoms with Gasteiger partial charge in [-0.3, -0.25) is 0 Å². The predicted molar refractivity (Wildman–Crippen MR) is 283 cm³/mol. The molecule has 11 aromatic rings. The third-order valence-corrected chi connectivity index (χ3v) is 12.5. The maximum Gasteiger partial charge on any atom is 0.187 e. The van der Waals surface area contributed by atoms with Crippen molar-refractivity contribution >= 4 is 61.6 Å². The van der Waals surface area contributed by atoms with Crippen LogP contribution in [0.1, 0.15) is 0 Å². The van der Waals surface area contributed by atoms with E-state index >= 15 is 0 Å². The second-order valence-corrected chi connectivity index (χ2v) is 16.6. The molecular weight excluding hydrogens is 857 g/mol. The van der Waals surface area contributed by atoms with E-state index in [2.05, 4.69) is 144 Å². The molecular formula is C62H36N8.